The van der Waals surface area contributed by atoms with Crippen LogP contribution in [-0.2, 0) is 0 Å². The molecule has 2 heterocycles. The fourth-order valence-corrected chi connectivity index (χ4v) is 4.42. The van der Waals surface area contributed by atoms with Gasteiger partial charge in [-0.2, -0.15) is 0 Å². The number of anilines is 3. The Morgan fingerprint density at radius 1 is 0.622 bits per heavy atom. The van der Waals surface area contributed by atoms with E-state index in [0.29, 0.717) is 11.6 Å². The van der Waals surface area contributed by atoms with Gasteiger partial charge in [-0.1, -0.05) is 68.4 Å². The summed E-state index contributed by atoms with van der Waals surface area (Å²) in [5.74, 6) is 1.28. The lowest BCUT2D eigenvalue weighted by atomic mass is 9.99. The number of nitrogen functional groups attached to an aromatic ring is 1. The minimum absolute atomic E-state index is 0.526. The highest BCUT2D eigenvalue weighted by Gasteiger charge is 2.11. The van der Waals surface area contributed by atoms with Gasteiger partial charge < -0.3 is 11.1 Å². The van der Waals surface area contributed by atoms with E-state index < -0.39 is 0 Å². The molecule has 0 saturated heterocycles. The number of nitrogens with two attached hydrogens (primary N) is 1. The van der Waals surface area contributed by atoms with Crippen molar-refractivity contribution in [2.24, 2.45) is 0 Å². The van der Waals surface area contributed by atoms with E-state index in [1.54, 1.807) is 0 Å². The summed E-state index contributed by atoms with van der Waals surface area (Å²) in [5, 5.41) is 7.77. The Labute approximate surface area is 216 Å². The lowest BCUT2D eigenvalue weighted by molar-refractivity contribution is 1.06. The molecule has 0 aliphatic rings. The van der Waals surface area contributed by atoms with Gasteiger partial charge in [0, 0.05) is 52.7 Å². The Morgan fingerprint density at radius 2 is 1.22 bits per heavy atom. The number of aryl methyl sites for hydroxylation is 1. The van der Waals surface area contributed by atoms with Crippen LogP contribution in [0.25, 0.3) is 43.8 Å². The fraction of sp³-hybridized carbons (Fsp3) is 0.0968. The van der Waals surface area contributed by atoms with E-state index in [2.05, 4.69) is 55.6 Å². The van der Waals surface area contributed by atoms with E-state index in [4.69, 9.17) is 5.73 Å². The normalized spacial score (nSPS) is 10.7. The van der Waals surface area contributed by atoms with Gasteiger partial charge in [0.05, 0.1) is 0 Å². The molecule has 4 aromatic carbocycles. The van der Waals surface area contributed by atoms with Gasteiger partial charge in [0.15, 0.2) is 0 Å². The van der Waals surface area contributed by atoms with Crippen LogP contribution in [0, 0.1) is 6.92 Å². The van der Waals surface area contributed by atoms with Crippen molar-refractivity contribution in [3.63, 3.8) is 0 Å². The topological polar surface area (TPSA) is 89.6 Å². The molecular weight excluding hydrogens is 456 g/mol. The molecule has 0 amide bonds. The molecule has 0 radical (unpaired) electrons. The van der Waals surface area contributed by atoms with E-state index in [-0.39, 0.29) is 0 Å². The first-order valence-corrected chi connectivity index (χ1v) is 12.3. The van der Waals surface area contributed by atoms with Crippen LogP contribution in [0.2, 0.25) is 0 Å². The highest BCUT2D eigenvalue weighted by Crippen LogP contribution is 2.34. The van der Waals surface area contributed by atoms with Crippen molar-refractivity contribution < 1.29 is 0 Å². The summed E-state index contributed by atoms with van der Waals surface area (Å²) in [7, 11) is 0. The Morgan fingerprint density at radius 3 is 1.95 bits per heavy atom. The Hall–Kier alpha value is -4.84. The van der Waals surface area contributed by atoms with Crippen LogP contribution in [0.4, 0.5) is 17.3 Å². The van der Waals surface area contributed by atoms with Gasteiger partial charge in [-0.05, 0) is 52.4 Å². The predicted octanol–water partition coefficient (Wildman–Crippen LogP) is 7.57. The zero-order valence-corrected chi connectivity index (χ0v) is 21.1. The minimum atomic E-state index is 0.526. The number of rotatable bonds is 4. The highest BCUT2D eigenvalue weighted by atomic mass is 15.1. The van der Waals surface area contributed by atoms with E-state index in [1.807, 2.05) is 88.0 Å². The first-order chi connectivity index (χ1) is 18.2. The van der Waals surface area contributed by atoms with Crippen LogP contribution < -0.4 is 11.1 Å². The summed E-state index contributed by atoms with van der Waals surface area (Å²) in [4.78, 5) is 17.9. The van der Waals surface area contributed by atoms with Crippen molar-refractivity contribution >= 4 is 38.9 Å². The zero-order chi connectivity index (χ0) is 25.8. The molecule has 6 aromatic rings. The summed E-state index contributed by atoms with van der Waals surface area (Å²) in [6.07, 6.45) is 7.38. The molecule has 0 atom stereocenters. The summed E-state index contributed by atoms with van der Waals surface area (Å²) in [5.41, 5.74) is 11.8. The van der Waals surface area contributed by atoms with Crippen LogP contribution in [0.5, 0.6) is 0 Å². The van der Waals surface area contributed by atoms with Crippen LogP contribution in [-0.4, -0.2) is 19.9 Å². The molecule has 0 aliphatic heterocycles. The molecule has 6 rings (SSSR count). The number of aromatic nitrogens is 4. The van der Waals surface area contributed by atoms with E-state index in [1.165, 1.54) is 0 Å². The molecule has 6 heteroatoms. The third-order valence-corrected chi connectivity index (χ3v) is 6.11. The minimum Gasteiger partial charge on any atom is -0.399 e. The predicted molar refractivity (Wildman–Crippen MR) is 154 cm³/mol. The molecule has 2 aromatic heterocycles. The lowest BCUT2D eigenvalue weighted by Crippen LogP contribution is -1.98. The van der Waals surface area contributed by atoms with Crippen molar-refractivity contribution in [2.75, 3.05) is 11.1 Å². The summed E-state index contributed by atoms with van der Waals surface area (Å²) in [6, 6.07) is 24.5. The van der Waals surface area contributed by atoms with Gasteiger partial charge in [-0.3, -0.25) is 0 Å². The maximum absolute atomic E-state index is 6.15. The van der Waals surface area contributed by atoms with Gasteiger partial charge >= 0.3 is 0 Å². The molecule has 0 unspecified atom stereocenters. The average Bonchev–Trinajstić information content (AvgIpc) is 2.95. The quantitative estimate of drug-likeness (QED) is 0.251. The molecule has 0 saturated carbocycles. The largest absolute Gasteiger partial charge is 0.399 e. The molecule has 0 bridgehead atoms. The fourth-order valence-electron chi connectivity index (χ4n) is 4.42. The van der Waals surface area contributed by atoms with Crippen molar-refractivity contribution in [1.29, 1.82) is 0 Å². The first kappa shape index (κ1) is 23.9. The van der Waals surface area contributed by atoms with Gasteiger partial charge in [-0.15, -0.1) is 0 Å². The molecule has 0 spiro atoms. The number of hydrogen-bond acceptors (Lipinski definition) is 6. The molecule has 37 heavy (non-hydrogen) atoms. The third-order valence-electron chi connectivity index (χ3n) is 6.11. The Bertz CT molecular complexity index is 1680. The van der Waals surface area contributed by atoms with Gasteiger partial charge in [0.25, 0.3) is 0 Å². The summed E-state index contributed by atoms with van der Waals surface area (Å²) in [6.45, 7) is 5.88. The second-order valence-electron chi connectivity index (χ2n) is 8.44. The highest BCUT2D eigenvalue weighted by molar-refractivity contribution is 6.04. The SMILES string of the molecule is CC.Cc1ncc(-c2ccc(Nc3ncc(-c4cc(N)cc5ccccc45)cn3)c3ccccc23)cn1. The van der Waals surface area contributed by atoms with E-state index >= 15 is 0 Å². The van der Waals surface area contributed by atoms with Crippen molar-refractivity contribution in [1.82, 2.24) is 19.9 Å². The zero-order valence-electron chi connectivity index (χ0n) is 21.1. The van der Waals surface area contributed by atoms with Crippen LogP contribution in [0.15, 0.2) is 97.6 Å². The number of hydrogen-bond donors (Lipinski definition) is 2. The van der Waals surface area contributed by atoms with Gasteiger partial charge in [0.2, 0.25) is 5.95 Å². The first-order valence-electron chi connectivity index (χ1n) is 12.3. The standard InChI is InChI=1S/C29H22N6.C2H6/c1-18-31-14-20(15-32-18)24-10-11-28(26-9-5-4-8-25(24)26)35-29-33-16-21(17-34-29)27-13-22(30)12-19-6-2-3-7-23(19)27;1-2/h2-17H,30H2,1H3,(H,33,34,35);1-2H3. The summed E-state index contributed by atoms with van der Waals surface area (Å²) < 4.78 is 0. The second-order valence-corrected chi connectivity index (χ2v) is 8.44. The van der Waals surface area contributed by atoms with Gasteiger partial charge in [-0.25, -0.2) is 19.9 Å². The Kier molecular flexibility index (Phi) is 6.72. The van der Waals surface area contributed by atoms with Crippen molar-refractivity contribution in [2.45, 2.75) is 20.8 Å². The van der Waals surface area contributed by atoms with E-state index in [0.717, 1.165) is 55.3 Å². The Balaban J connectivity index is 0.00000137. The maximum atomic E-state index is 6.15. The van der Waals surface area contributed by atoms with Crippen molar-refractivity contribution in [3.8, 4) is 22.3 Å². The number of nitrogens with zero attached hydrogens (tertiary/aromatic N) is 4. The molecule has 6 nitrogen and oxygen atoms in total. The summed E-state index contributed by atoms with van der Waals surface area (Å²) >= 11 is 0. The second kappa shape index (κ2) is 10.4. The van der Waals surface area contributed by atoms with Gasteiger partial charge in [0.1, 0.15) is 5.82 Å². The van der Waals surface area contributed by atoms with Crippen LogP contribution in [0.3, 0.4) is 0 Å². The number of nitrogens with one attached hydrogen (secondary N) is 1. The van der Waals surface area contributed by atoms with Crippen molar-refractivity contribution in [3.05, 3.63) is 103 Å². The van der Waals surface area contributed by atoms with Crippen LogP contribution in [0.1, 0.15) is 19.7 Å². The lowest BCUT2D eigenvalue weighted by Gasteiger charge is -2.13. The number of benzene rings is 4. The molecular formula is C31H28N6. The van der Waals surface area contributed by atoms with E-state index in [9.17, 15) is 0 Å². The third kappa shape index (κ3) is 4.82. The van der Waals surface area contributed by atoms with Crippen LogP contribution >= 0.6 is 0 Å². The molecule has 0 aliphatic carbocycles. The monoisotopic (exact) mass is 484 g/mol. The molecule has 182 valence electrons. The molecule has 0 fully saturated rings. The molecule has 3 N–H and O–H groups in total. The average molecular weight is 485 g/mol. The maximum Gasteiger partial charge on any atom is 0.227 e. The smallest absolute Gasteiger partial charge is 0.227 e. The number of fused-ring (bicyclic) bond motifs is 2.